The first kappa shape index (κ1) is 12.8. The van der Waals surface area contributed by atoms with Crippen LogP contribution < -0.4 is 5.32 Å². The summed E-state index contributed by atoms with van der Waals surface area (Å²) in [5.74, 6) is -0.841. The minimum Gasteiger partial charge on any atom is -0.479 e. The second-order valence-electron chi connectivity index (χ2n) is 4.79. The van der Waals surface area contributed by atoms with E-state index in [-0.39, 0.29) is 6.10 Å². The molecule has 0 radical (unpaired) electrons. The summed E-state index contributed by atoms with van der Waals surface area (Å²) in [6, 6.07) is 0. The molecule has 2 N–H and O–H groups in total. The summed E-state index contributed by atoms with van der Waals surface area (Å²) >= 11 is 0. The van der Waals surface area contributed by atoms with Gasteiger partial charge in [-0.15, -0.1) is 0 Å². The lowest BCUT2D eigenvalue weighted by molar-refractivity contribution is -0.149. The van der Waals surface area contributed by atoms with Crippen LogP contribution in [-0.2, 0) is 14.3 Å². The van der Waals surface area contributed by atoms with Crippen molar-refractivity contribution in [2.24, 2.45) is 0 Å². The Bertz CT molecular complexity index is 253. The molecule has 0 aromatic carbocycles. The van der Waals surface area contributed by atoms with E-state index in [2.05, 4.69) is 5.32 Å². The van der Waals surface area contributed by atoms with Gasteiger partial charge in [0.05, 0.1) is 12.2 Å². The van der Waals surface area contributed by atoms with Crippen molar-refractivity contribution in [1.29, 1.82) is 0 Å². The Kier molecular flexibility index (Phi) is 4.76. The lowest BCUT2D eigenvalue weighted by atomic mass is 10.1. The second kappa shape index (κ2) is 6.33. The summed E-state index contributed by atoms with van der Waals surface area (Å²) < 4.78 is 10.9. The summed E-state index contributed by atoms with van der Waals surface area (Å²) in [6.45, 7) is 2.56. The number of aliphatic carboxylic acids is 1. The first-order valence-electron chi connectivity index (χ1n) is 6.46. The largest absolute Gasteiger partial charge is 0.479 e. The van der Waals surface area contributed by atoms with Gasteiger partial charge in [0.1, 0.15) is 0 Å². The maximum absolute atomic E-state index is 10.7. The predicted molar refractivity (Wildman–Crippen MR) is 62.0 cm³/mol. The molecular weight excluding hydrogens is 222 g/mol. The van der Waals surface area contributed by atoms with Crippen molar-refractivity contribution in [3.05, 3.63) is 0 Å². The molecule has 2 aliphatic heterocycles. The van der Waals surface area contributed by atoms with Crippen molar-refractivity contribution >= 4 is 5.97 Å². The quantitative estimate of drug-likeness (QED) is 0.675. The maximum Gasteiger partial charge on any atom is 0.332 e. The van der Waals surface area contributed by atoms with Crippen molar-refractivity contribution in [3.8, 4) is 0 Å². The van der Waals surface area contributed by atoms with Gasteiger partial charge in [0.2, 0.25) is 0 Å². The van der Waals surface area contributed by atoms with E-state index in [9.17, 15) is 4.79 Å². The molecule has 0 aromatic rings. The Labute approximate surface area is 101 Å². The van der Waals surface area contributed by atoms with Crippen LogP contribution in [0, 0.1) is 0 Å². The zero-order chi connectivity index (χ0) is 12.1. The first-order valence-corrected chi connectivity index (χ1v) is 6.46. The van der Waals surface area contributed by atoms with Crippen molar-refractivity contribution < 1.29 is 19.4 Å². The SMILES string of the molecule is O=C(O)C1CCC(CNCCC2CCCO2)O1. The first-order chi connectivity index (χ1) is 8.25. The summed E-state index contributed by atoms with van der Waals surface area (Å²) in [5.41, 5.74) is 0. The highest BCUT2D eigenvalue weighted by atomic mass is 16.5. The van der Waals surface area contributed by atoms with Gasteiger partial charge in [-0.1, -0.05) is 0 Å². The zero-order valence-corrected chi connectivity index (χ0v) is 10.1. The second-order valence-corrected chi connectivity index (χ2v) is 4.79. The van der Waals surface area contributed by atoms with Crippen molar-refractivity contribution in [3.63, 3.8) is 0 Å². The van der Waals surface area contributed by atoms with E-state index in [1.54, 1.807) is 0 Å². The molecule has 5 nitrogen and oxygen atoms in total. The van der Waals surface area contributed by atoms with E-state index in [0.29, 0.717) is 12.5 Å². The molecule has 3 unspecified atom stereocenters. The third-order valence-corrected chi connectivity index (χ3v) is 3.42. The standard InChI is InChI=1S/C12H21NO4/c14-12(15)11-4-3-10(17-11)8-13-6-5-9-2-1-7-16-9/h9-11,13H,1-8H2,(H,14,15). The molecule has 2 heterocycles. The normalized spacial score (nSPS) is 33.1. The highest BCUT2D eigenvalue weighted by molar-refractivity contribution is 5.72. The average Bonchev–Trinajstić information content (AvgIpc) is 2.96. The molecule has 2 rings (SSSR count). The van der Waals surface area contributed by atoms with Gasteiger partial charge in [-0.25, -0.2) is 4.79 Å². The van der Waals surface area contributed by atoms with E-state index in [0.717, 1.165) is 32.5 Å². The number of carboxylic acid groups (broad SMARTS) is 1. The molecule has 5 heteroatoms. The fraction of sp³-hybridized carbons (Fsp3) is 0.917. The number of hydrogen-bond donors (Lipinski definition) is 2. The summed E-state index contributed by atoms with van der Waals surface area (Å²) in [7, 11) is 0. The van der Waals surface area contributed by atoms with Crippen LogP contribution in [0.15, 0.2) is 0 Å². The minimum atomic E-state index is -0.841. The molecule has 98 valence electrons. The number of ether oxygens (including phenoxy) is 2. The van der Waals surface area contributed by atoms with E-state index >= 15 is 0 Å². The topological polar surface area (TPSA) is 67.8 Å². The molecule has 2 saturated heterocycles. The molecule has 3 atom stereocenters. The van der Waals surface area contributed by atoms with Gasteiger partial charge in [-0.2, -0.15) is 0 Å². The highest BCUT2D eigenvalue weighted by Gasteiger charge is 2.29. The molecule has 0 aliphatic carbocycles. The number of nitrogens with one attached hydrogen (secondary N) is 1. The van der Waals surface area contributed by atoms with E-state index in [1.807, 2.05) is 0 Å². The Morgan fingerprint density at radius 3 is 2.82 bits per heavy atom. The molecule has 0 bridgehead atoms. The molecule has 2 fully saturated rings. The molecular formula is C12H21NO4. The third kappa shape index (κ3) is 3.94. The lowest BCUT2D eigenvalue weighted by Gasteiger charge is -2.13. The number of carbonyl (C=O) groups is 1. The third-order valence-electron chi connectivity index (χ3n) is 3.42. The highest BCUT2D eigenvalue weighted by Crippen LogP contribution is 2.19. The lowest BCUT2D eigenvalue weighted by Crippen LogP contribution is -2.30. The molecule has 0 amide bonds. The Hall–Kier alpha value is -0.650. The van der Waals surface area contributed by atoms with Crippen LogP contribution in [0.4, 0.5) is 0 Å². The van der Waals surface area contributed by atoms with Crippen molar-refractivity contribution in [1.82, 2.24) is 5.32 Å². The Balaban J connectivity index is 1.52. The zero-order valence-electron chi connectivity index (χ0n) is 10.1. The van der Waals surface area contributed by atoms with Gasteiger partial charge in [-0.05, 0) is 38.6 Å². The molecule has 17 heavy (non-hydrogen) atoms. The number of carboxylic acids is 1. The summed E-state index contributed by atoms with van der Waals surface area (Å²) in [4.78, 5) is 10.7. The molecule has 2 aliphatic rings. The summed E-state index contributed by atoms with van der Waals surface area (Å²) in [5, 5.41) is 12.1. The van der Waals surface area contributed by atoms with Gasteiger partial charge in [-0.3, -0.25) is 0 Å². The van der Waals surface area contributed by atoms with Crippen LogP contribution in [0.2, 0.25) is 0 Å². The van der Waals surface area contributed by atoms with Crippen LogP contribution in [0.25, 0.3) is 0 Å². The van der Waals surface area contributed by atoms with Crippen molar-refractivity contribution in [2.75, 3.05) is 19.7 Å². The van der Waals surface area contributed by atoms with Crippen LogP contribution in [0.1, 0.15) is 32.1 Å². The van der Waals surface area contributed by atoms with Crippen LogP contribution in [0.5, 0.6) is 0 Å². The fourth-order valence-corrected chi connectivity index (χ4v) is 2.44. The molecule has 0 aromatic heterocycles. The molecule has 0 spiro atoms. The Morgan fingerprint density at radius 1 is 1.29 bits per heavy atom. The van der Waals surface area contributed by atoms with E-state index in [4.69, 9.17) is 14.6 Å². The monoisotopic (exact) mass is 243 g/mol. The van der Waals surface area contributed by atoms with Gasteiger partial charge in [0, 0.05) is 13.2 Å². The van der Waals surface area contributed by atoms with Gasteiger partial charge in [0.15, 0.2) is 6.10 Å². The van der Waals surface area contributed by atoms with Gasteiger partial charge < -0.3 is 19.9 Å². The minimum absolute atomic E-state index is 0.0561. The van der Waals surface area contributed by atoms with Crippen LogP contribution >= 0.6 is 0 Å². The fourth-order valence-electron chi connectivity index (χ4n) is 2.44. The average molecular weight is 243 g/mol. The van der Waals surface area contributed by atoms with Crippen molar-refractivity contribution in [2.45, 2.75) is 50.4 Å². The van der Waals surface area contributed by atoms with Crippen LogP contribution in [-0.4, -0.2) is 49.1 Å². The molecule has 0 saturated carbocycles. The van der Waals surface area contributed by atoms with E-state index < -0.39 is 12.1 Å². The number of rotatable bonds is 6. The summed E-state index contributed by atoms with van der Waals surface area (Å²) in [6.07, 6.45) is 4.73. The smallest absolute Gasteiger partial charge is 0.332 e. The Morgan fingerprint density at radius 2 is 2.18 bits per heavy atom. The van der Waals surface area contributed by atoms with Gasteiger partial charge in [0.25, 0.3) is 0 Å². The number of hydrogen-bond acceptors (Lipinski definition) is 4. The van der Waals surface area contributed by atoms with E-state index in [1.165, 1.54) is 12.8 Å². The maximum atomic E-state index is 10.7. The predicted octanol–water partition coefficient (Wildman–Crippen LogP) is 0.777. The van der Waals surface area contributed by atoms with Crippen LogP contribution in [0.3, 0.4) is 0 Å². The van der Waals surface area contributed by atoms with Gasteiger partial charge >= 0.3 is 5.97 Å².